The highest BCUT2D eigenvalue weighted by molar-refractivity contribution is 9.11. The molecule has 160 valence electrons. The Bertz CT molecular complexity index is 989. The highest BCUT2D eigenvalue weighted by atomic mass is 79.9. The molecule has 0 saturated heterocycles. The summed E-state index contributed by atoms with van der Waals surface area (Å²) < 4.78 is 16.1. The third-order valence-electron chi connectivity index (χ3n) is 3.42. The number of ether oxygens (including phenoxy) is 3. The maximum absolute atomic E-state index is 11.6. The Balaban J connectivity index is 0.000000232. The first-order chi connectivity index (χ1) is 14.3. The highest BCUT2D eigenvalue weighted by Crippen LogP contribution is 2.29. The Kier molecular flexibility index (Phi) is 9.41. The number of carbonyl (C=O) groups excluding carboxylic acids is 2. The molecule has 0 unspecified atom stereocenters. The fourth-order valence-electron chi connectivity index (χ4n) is 2.14. The van der Waals surface area contributed by atoms with Crippen LogP contribution in [0.2, 0.25) is 0 Å². The minimum Gasteiger partial charge on any atom is -0.462 e. The van der Waals surface area contributed by atoms with Crippen molar-refractivity contribution >= 4 is 50.5 Å². The van der Waals surface area contributed by atoms with E-state index in [-0.39, 0.29) is 11.9 Å². The van der Waals surface area contributed by atoms with Crippen molar-refractivity contribution in [3.8, 4) is 10.9 Å². The van der Waals surface area contributed by atoms with Crippen LogP contribution in [0.1, 0.15) is 44.6 Å². The topological polar surface area (TPSA) is 87.6 Å². The van der Waals surface area contributed by atoms with Crippen molar-refractivity contribution in [2.24, 2.45) is 0 Å². The lowest BCUT2D eigenvalue weighted by Crippen LogP contribution is -2.03. The van der Waals surface area contributed by atoms with Crippen LogP contribution in [0, 0.1) is 13.8 Å². The molecule has 0 N–H and O–H groups in total. The summed E-state index contributed by atoms with van der Waals surface area (Å²) in [5.74, 6) is 0.0512. The van der Waals surface area contributed by atoms with Crippen molar-refractivity contribution in [3.63, 3.8) is 0 Å². The number of rotatable bonds is 6. The second-order valence-corrected chi connectivity index (χ2v) is 8.87. The molecule has 10 heteroatoms. The smallest absolute Gasteiger partial charge is 0.350 e. The molecule has 2 aromatic heterocycles. The third-order valence-corrected chi connectivity index (χ3v) is 6.02. The lowest BCUT2D eigenvalue weighted by atomic mass is 10.3. The van der Waals surface area contributed by atoms with Crippen LogP contribution in [0.15, 0.2) is 34.2 Å². The van der Waals surface area contributed by atoms with Gasteiger partial charge < -0.3 is 14.2 Å². The van der Waals surface area contributed by atoms with E-state index in [0.717, 1.165) is 0 Å². The van der Waals surface area contributed by atoms with E-state index in [2.05, 4.69) is 25.9 Å². The molecule has 0 amide bonds. The number of aryl methyl sites for hydroxylation is 2. The average molecular weight is 513 g/mol. The standard InChI is InChI=1S/C13H13NO3S.C7H8BrNO2S/c1-3-16-12(15)11-9(2)14-13(18-11)17-10-7-5-4-6-8-10;1-3-11-6(10)5-4(2)9-7(8)12-5/h4-8H,3H2,1-2H3;3H2,1-2H3. The minimum absolute atomic E-state index is 0.293. The van der Waals surface area contributed by atoms with Crippen molar-refractivity contribution in [2.75, 3.05) is 13.2 Å². The van der Waals surface area contributed by atoms with Gasteiger partial charge in [-0.1, -0.05) is 40.9 Å². The summed E-state index contributed by atoms with van der Waals surface area (Å²) in [4.78, 5) is 32.1. The van der Waals surface area contributed by atoms with E-state index < -0.39 is 0 Å². The molecule has 0 aliphatic rings. The number of halogens is 1. The molecule has 0 saturated carbocycles. The van der Waals surface area contributed by atoms with Gasteiger partial charge in [-0.05, 0) is 55.8 Å². The number of thiazole rings is 2. The fraction of sp³-hybridized carbons (Fsp3) is 0.300. The van der Waals surface area contributed by atoms with Crippen LogP contribution in [0.4, 0.5) is 0 Å². The Labute approximate surface area is 191 Å². The molecule has 7 nitrogen and oxygen atoms in total. The van der Waals surface area contributed by atoms with E-state index in [1.54, 1.807) is 27.7 Å². The molecule has 0 atom stereocenters. The minimum atomic E-state index is -0.351. The molecule has 3 rings (SSSR count). The molecule has 2 heterocycles. The number of benzene rings is 1. The molecule has 1 aromatic carbocycles. The summed E-state index contributed by atoms with van der Waals surface area (Å²) in [6, 6.07) is 9.33. The number of esters is 2. The van der Waals surface area contributed by atoms with E-state index >= 15 is 0 Å². The van der Waals surface area contributed by atoms with Crippen molar-refractivity contribution in [1.29, 1.82) is 0 Å². The van der Waals surface area contributed by atoms with Gasteiger partial charge in [0.2, 0.25) is 0 Å². The molecule has 0 aliphatic carbocycles. The lowest BCUT2D eigenvalue weighted by molar-refractivity contribution is 0.0521. The fourth-order valence-corrected chi connectivity index (χ4v) is 4.41. The first-order valence-corrected chi connectivity index (χ1v) is 11.5. The van der Waals surface area contributed by atoms with Crippen LogP contribution in [0.25, 0.3) is 0 Å². The number of nitrogens with zero attached hydrogens (tertiary/aromatic N) is 2. The summed E-state index contributed by atoms with van der Waals surface area (Å²) in [6.45, 7) is 7.85. The maximum Gasteiger partial charge on any atom is 0.350 e. The summed E-state index contributed by atoms with van der Waals surface area (Å²) in [6.07, 6.45) is 0. The van der Waals surface area contributed by atoms with Crippen molar-refractivity contribution in [2.45, 2.75) is 27.7 Å². The van der Waals surface area contributed by atoms with Gasteiger partial charge in [0.05, 0.1) is 24.6 Å². The summed E-state index contributed by atoms with van der Waals surface area (Å²) in [7, 11) is 0. The summed E-state index contributed by atoms with van der Waals surface area (Å²) in [5, 5.41) is 0.446. The van der Waals surface area contributed by atoms with Gasteiger partial charge in [-0.3, -0.25) is 0 Å². The average Bonchev–Trinajstić information content (AvgIpc) is 3.24. The van der Waals surface area contributed by atoms with E-state index in [1.165, 1.54) is 22.7 Å². The predicted molar refractivity (Wildman–Crippen MR) is 120 cm³/mol. The van der Waals surface area contributed by atoms with E-state index in [0.29, 0.717) is 49.2 Å². The number of hydrogen-bond acceptors (Lipinski definition) is 9. The van der Waals surface area contributed by atoms with Gasteiger partial charge in [-0.25, -0.2) is 19.6 Å². The molecule has 30 heavy (non-hydrogen) atoms. The molecular weight excluding hydrogens is 492 g/mol. The Morgan fingerprint density at radius 3 is 1.93 bits per heavy atom. The van der Waals surface area contributed by atoms with Crippen molar-refractivity contribution in [3.05, 3.63) is 55.4 Å². The van der Waals surface area contributed by atoms with Crippen molar-refractivity contribution in [1.82, 2.24) is 9.97 Å². The lowest BCUT2D eigenvalue weighted by Gasteiger charge is -1.99. The first-order valence-electron chi connectivity index (χ1n) is 9.03. The van der Waals surface area contributed by atoms with Crippen LogP contribution in [-0.2, 0) is 9.47 Å². The maximum atomic E-state index is 11.6. The van der Waals surface area contributed by atoms with Gasteiger partial charge in [0.1, 0.15) is 15.5 Å². The van der Waals surface area contributed by atoms with Crippen LogP contribution in [0.5, 0.6) is 10.9 Å². The van der Waals surface area contributed by atoms with Gasteiger partial charge >= 0.3 is 11.9 Å². The van der Waals surface area contributed by atoms with Crippen LogP contribution in [-0.4, -0.2) is 35.1 Å². The van der Waals surface area contributed by atoms with Gasteiger partial charge in [0.15, 0.2) is 3.92 Å². The van der Waals surface area contributed by atoms with E-state index in [1.807, 2.05) is 30.3 Å². The number of para-hydroxylation sites is 1. The van der Waals surface area contributed by atoms with Gasteiger partial charge in [-0.15, -0.1) is 0 Å². The van der Waals surface area contributed by atoms with Crippen LogP contribution in [0.3, 0.4) is 0 Å². The zero-order chi connectivity index (χ0) is 22.1. The number of hydrogen-bond donors (Lipinski definition) is 0. The molecule has 0 radical (unpaired) electrons. The van der Waals surface area contributed by atoms with Crippen LogP contribution >= 0.6 is 38.6 Å². The molecule has 0 bridgehead atoms. The second-order valence-electron chi connectivity index (χ2n) is 5.63. The highest BCUT2D eigenvalue weighted by Gasteiger charge is 2.17. The summed E-state index contributed by atoms with van der Waals surface area (Å²) >= 11 is 5.69. The number of carbonyl (C=O) groups is 2. The predicted octanol–water partition coefficient (Wildman–Crippen LogP) is 5.81. The van der Waals surface area contributed by atoms with Crippen molar-refractivity contribution < 1.29 is 23.8 Å². The normalized spacial score (nSPS) is 10.0. The molecule has 0 aliphatic heterocycles. The van der Waals surface area contributed by atoms with Crippen LogP contribution < -0.4 is 4.74 Å². The first kappa shape index (κ1) is 24.0. The Morgan fingerprint density at radius 1 is 0.900 bits per heavy atom. The molecule has 0 spiro atoms. The zero-order valence-electron chi connectivity index (χ0n) is 16.9. The quantitative estimate of drug-likeness (QED) is 0.385. The van der Waals surface area contributed by atoms with Gasteiger partial charge in [0.25, 0.3) is 5.19 Å². The molecule has 0 fully saturated rings. The monoisotopic (exact) mass is 512 g/mol. The summed E-state index contributed by atoms with van der Waals surface area (Å²) in [5.41, 5.74) is 1.34. The van der Waals surface area contributed by atoms with Gasteiger partial charge in [0, 0.05) is 0 Å². The third kappa shape index (κ3) is 6.89. The van der Waals surface area contributed by atoms with Gasteiger partial charge in [-0.2, -0.15) is 0 Å². The Morgan fingerprint density at radius 2 is 1.43 bits per heavy atom. The molecular formula is C20H21BrN2O5S2. The zero-order valence-corrected chi connectivity index (χ0v) is 20.2. The Hall–Kier alpha value is -2.30. The second kappa shape index (κ2) is 11.8. The number of aromatic nitrogens is 2. The molecule has 3 aromatic rings. The van der Waals surface area contributed by atoms with E-state index in [9.17, 15) is 9.59 Å². The SMILES string of the molecule is CCOC(=O)c1sc(Br)nc1C.CCOC(=O)c1sc(Oc2ccccc2)nc1C. The largest absolute Gasteiger partial charge is 0.462 e. The van der Waals surface area contributed by atoms with E-state index in [4.69, 9.17) is 14.2 Å².